The first kappa shape index (κ1) is 13.9. The Bertz CT molecular complexity index is 773. The van der Waals surface area contributed by atoms with Gasteiger partial charge in [-0.2, -0.15) is 0 Å². The minimum Gasteiger partial charge on any atom is -0.343 e. The van der Waals surface area contributed by atoms with Gasteiger partial charge in [0.1, 0.15) is 0 Å². The van der Waals surface area contributed by atoms with Crippen LogP contribution in [0.3, 0.4) is 0 Å². The highest BCUT2D eigenvalue weighted by Gasteiger charge is 2.08. The molecule has 0 spiro atoms. The molecule has 0 saturated carbocycles. The van der Waals surface area contributed by atoms with Crippen LogP contribution < -0.4 is 5.73 Å². The summed E-state index contributed by atoms with van der Waals surface area (Å²) in [6.45, 7) is 8.06. The molecule has 2 aromatic carbocycles. The average Bonchev–Trinajstić information content (AvgIpc) is 2.85. The zero-order valence-electron chi connectivity index (χ0n) is 13.0. The summed E-state index contributed by atoms with van der Waals surface area (Å²) in [6, 6.07) is 13.1. The number of benzene rings is 2. The molecule has 0 aliphatic rings. The molecule has 3 rings (SSSR count). The van der Waals surface area contributed by atoms with Gasteiger partial charge in [-0.1, -0.05) is 29.8 Å². The fourth-order valence-corrected chi connectivity index (χ4v) is 3.23. The van der Waals surface area contributed by atoms with Crippen molar-refractivity contribution < 1.29 is 0 Å². The largest absolute Gasteiger partial charge is 0.343 e. The first-order valence-electron chi connectivity index (χ1n) is 7.43. The molecule has 0 aliphatic carbocycles. The Balaban J connectivity index is 2.07. The van der Waals surface area contributed by atoms with Crippen molar-refractivity contribution in [2.75, 3.05) is 0 Å². The lowest BCUT2D eigenvalue weighted by atomic mass is 10.00. The molecule has 0 aliphatic heterocycles. The minimum absolute atomic E-state index is 0.587. The van der Waals surface area contributed by atoms with Gasteiger partial charge in [0, 0.05) is 30.2 Å². The summed E-state index contributed by atoms with van der Waals surface area (Å²) >= 11 is 0. The van der Waals surface area contributed by atoms with Crippen molar-refractivity contribution >= 4 is 10.9 Å². The highest BCUT2D eigenvalue weighted by molar-refractivity contribution is 5.83. The number of fused-ring (bicyclic) bond motifs is 1. The van der Waals surface area contributed by atoms with Crippen molar-refractivity contribution in [1.29, 1.82) is 0 Å². The maximum Gasteiger partial charge on any atom is 0.0486 e. The quantitative estimate of drug-likeness (QED) is 0.769. The van der Waals surface area contributed by atoms with E-state index in [4.69, 9.17) is 5.73 Å². The lowest BCUT2D eigenvalue weighted by molar-refractivity contribution is 0.822. The molecule has 0 radical (unpaired) electrons. The smallest absolute Gasteiger partial charge is 0.0486 e. The second kappa shape index (κ2) is 5.38. The van der Waals surface area contributed by atoms with E-state index in [-0.39, 0.29) is 0 Å². The number of nitrogens with zero attached hydrogens (tertiary/aromatic N) is 1. The van der Waals surface area contributed by atoms with Gasteiger partial charge in [0.25, 0.3) is 0 Å². The van der Waals surface area contributed by atoms with Crippen molar-refractivity contribution in [2.24, 2.45) is 5.73 Å². The van der Waals surface area contributed by atoms with E-state index in [1.165, 1.54) is 38.7 Å². The van der Waals surface area contributed by atoms with Crippen molar-refractivity contribution in [2.45, 2.75) is 33.9 Å². The summed E-state index contributed by atoms with van der Waals surface area (Å²) in [5, 5.41) is 1.27. The zero-order chi connectivity index (χ0) is 15.0. The second-order valence-corrected chi connectivity index (χ2v) is 5.87. The number of hydrogen-bond acceptors (Lipinski definition) is 1. The van der Waals surface area contributed by atoms with E-state index in [2.05, 4.69) is 67.9 Å². The molecule has 2 nitrogen and oxygen atoms in total. The Kier molecular flexibility index (Phi) is 3.56. The average molecular weight is 278 g/mol. The molecule has 0 fully saturated rings. The number of aryl methyl sites for hydroxylation is 3. The van der Waals surface area contributed by atoms with E-state index in [9.17, 15) is 0 Å². The van der Waals surface area contributed by atoms with E-state index in [0.29, 0.717) is 6.54 Å². The van der Waals surface area contributed by atoms with Crippen LogP contribution in [0, 0.1) is 20.8 Å². The lowest BCUT2D eigenvalue weighted by Crippen LogP contribution is -2.03. The second-order valence-electron chi connectivity index (χ2n) is 5.87. The van der Waals surface area contributed by atoms with Gasteiger partial charge in [-0.3, -0.25) is 0 Å². The third kappa shape index (κ3) is 2.47. The molecule has 0 saturated heterocycles. The molecule has 21 heavy (non-hydrogen) atoms. The zero-order valence-corrected chi connectivity index (χ0v) is 13.0. The maximum absolute atomic E-state index is 5.83. The summed E-state index contributed by atoms with van der Waals surface area (Å²) in [5.74, 6) is 0. The molecular formula is C19H22N2. The number of rotatable bonds is 3. The van der Waals surface area contributed by atoms with E-state index < -0.39 is 0 Å². The van der Waals surface area contributed by atoms with Crippen LogP contribution in [0.25, 0.3) is 10.9 Å². The van der Waals surface area contributed by atoms with Gasteiger partial charge < -0.3 is 10.3 Å². The Labute approximate surface area is 126 Å². The molecule has 2 N–H and O–H groups in total. The van der Waals surface area contributed by atoms with Gasteiger partial charge in [0.2, 0.25) is 0 Å². The molecular weight excluding hydrogens is 256 g/mol. The lowest BCUT2D eigenvalue weighted by Gasteiger charge is -2.13. The highest BCUT2D eigenvalue weighted by Crippen LogP contribution is 2.23. The van der Waals surface area contributed by atoms with E-state index in [0.717, 1.165) is 6.54 Å². The highest BCUT2D eigenvalue weighted by atomic mass is 15.0. The molecule has 1 aromatic heterocycles. The van der Waals surface area contributed by atoms with Gasteiger partial charge in [-0.25, -0.2) is 0 Å². The Morgan fingerprint density at radius 2 is 1.71 bits per heavy atom. The topological polar surface area (TPSA) is 30.9 Å². The molecule has 108 valence electrons. The number of aromatic nitrogens is 1. The Morgan fingerprint density at radius 1 is 1.00 bits per heavy atom. The fraction of sp³-hybridized carbons (Fsp3) is 0.263. The van der Waals surface area contributed by atoms with Crippen molar-refractivity contribution in [1.82, 2.24) is 4.57 Å². The molecule has 0 amide bonds. The van der Waals surface area contributed by atoms with E-state index >= 15 is 0 Å². The summed E-state index contributed by atoms with van der Waals surface area (Å²) in [5.41, 5.74) is 13.8. The maximum atomic E-state index is 5.83. The van der Waals surface area contributed by atoms with Crippen LogP contribution in [0.5, 0.6) is 0 Å². The summed E-state index contributed by atoms with van der Waals surface area (Å²) in [7, 11) is 0. The normalized spacial score (nSPS) is 11.2. The van der Waals surface area contributed by atoms with Gasteiger partial charge in [0.15, 0.2) is 0 Å². The third-order valence-corrected chi connectivity index (χ3v) is 4.29. The predicted octanol–water partition coefficient (Wildman–Crippen LogP) is 4.07. The Hall–Kier alpha value is -2.06. The van der Waals surface area contributed by atoms with E-state index in [1.807, 2.05) is 0 Å². The molecule has 1 heterocycles. The molecule has 0 atom stereocenters. The van der Waals surface area contributed by atoms with E-state index in [1.54, 1.807) is 0 Å². The SMILES string of the molecule is Cc1cc(C)c(Cn2ccc3c(CN)cccc32)c(C)c1. The number of hydrogen-bond donors (Lipinski definition) is 1. The monoisotopic (exact) mass is 278 g/mol. The molecule has 0 unspecified atom stereocenters. The summed E-state index contributed by atoms with van der Waals surface area (Å²) in [6.07, 6.45) is 2.17. The van der Waals surface area contributed by atoms with Crippen LogP contribution in [0.2, 0.25) is 0 Å². The first-order valence-corrected chi connectivity index (χ1v) is 7.43. The van der Waals surface area contributed by atoms with Crippen LogP contribution in [0.1, 0.15) is 27.8 Å². The van der Waals surface area contributed by atoms with Crippen LogP contribution in [0.15, 0.2) is 42.6 Å². The fourth-order valence-electron chi connectivity index (χ4n) is 3.23. The standard InChI is InChI=1S/C19H22N2/c1-13-9-14(2)18(15(3)10-13)12-21-8-7-17-16(11-20)5-4-6-19(17)21/h4-10H,11-12,20H2,1-3H3. The first-order chi connectivity index (χ1) is 10.1. The summed E-state index contributed by atoms with van der Waals surface area (Å²) in [4.78, 5) is 0. The molecule has 2 heteroatoms. The predicted molar refractivity (Wildman–Crippen MR) is 89.6 cm³/mol. The van der Waals surface area contributed by atoms with Gasteiger partial charge in [0.05, 0.1) is 0 Å². The summed E-state index contributed by atoms with van der Waals surface area (Å²) < 4.78 is 2.32. The molecule has 0 bridgehead atoms. The Morgan fingerprint density at radius 3 is 2.38 bits per heavy atom. The van der Waals surface area contributed by atoms with Crippen LogP contribution in [-0.2, 0) is 13.1 Å². The van der Waals surface area contributed by atoms with Crippen LogP contribution >= 0.6 is 0 Å². The van der Waals surface area contributed by atoms with Crippen molar-refractivity contribution in [3.05, 3.63) is 70.4 Å². The van der Waals surface area contributed by atoms with Crippen molar-refractivity contribution in [3.8, 4) is 0 Å². The van der Waals surface area contributed by atoms with Crippen LogP contribution in [-0.4, -0.2) is 4.57 Å². The van der Waals surface area contributed by atoms with Crippen LogP contribution in [0.4, 0.5) is 0 Å². The van der Waals surface area contributed by atoms with Gasteiger partial charge >= 0.3 is 0 Å². The number of nitrogens with two attached hydrogens (primary N) is 1. The third-order valence-electron chi connectivity index (χ3n) is 4.29. The van der Waals surface area contributed by atoms with Gasteiger partial charge in [-0.15, -0.1) is 0 Å². The molecule has 3 aromatic rings. The minimum atomic E-state index is 0.587. The van der Waals surface area contributed by atoms with Gasteiger partial charge in [-0.05, 0) is 55.2 Å². The van der Waals surface area contributed by atoms with Crippen molar-refractivity contribution in [3.63, 3.8) is 0 Å².